The highest BCUT2D eigenvalue weighted by atomic mass is 35.5. The van der Waals surface area contributed by atoms with Crippen molar-refractivity contribution in [3.63, 3.8) is 0 Å². The molecule has 15 heavy (non-hydrogen) atoms. The van der Waals surface area contributed by atoms with Gasteiger partial charge in [-0.3, -0.25) is 0 Å². The van der Waals surface area contributed by atoms with Crippen LogP contribution in [0.15, 0.2) is 12.5 Å². The van der Waals surface area contributed by atoms with Crippen molar-refractivity contribution in [3.05, 3.63) is 18.2 Å². The maximum Gasteiger partial charge on any atom is 0.0948 e. The zero-order valence-corrected chi connectivity index (χ0v) is 10.1. The molecule has 84 valence electrons. The zero-order chi connectivity index (χ0) is 10.7. The molecular formula is C12H19ClN2. The van der Waals surface area contributed by atoms with Crippen LogP contribution in [-0.4, -0.2) is 9.55 Å². The van der Waals surface area contributed by atoms with E-state index in [1.807, 2.05) is 12.5 Å². The molecule has 1 heterocycles. The van der Waals surface area contributed by atoms with Crippen LogP contribution in [0.25, 0.3) is 0 Å². The second-order valence-corrected chi connectivity index (χ2v) is 5.06. The summed E-state index contributed by atoms with van der Waals surface area (Å²) in [5, 5.41) is 0. The summed E-state index contributed by atoms with van der Waals surface area (Å²) in [7, 11) is 0. The minimum Gasteiger partial charge on any atom is -0.333 e. The lowest BCUT2D eigenvalue weighted by molar-refractivity contribution is 0.263. The molecule has 1 aliphatic carbocycles. The molecule has 0 saturated heterocycles. The quantitative estimate of drug-likeness (QED) is 0.722. The Morgan fingerprint density at radius 2 is 2.13 bits per heavy atom. The van der Waals surface area contributed by atoms with E-state index >= 15 is 0 Å². The van der Waals surface area contributed by atoms with Crippen molar-refractivity contribution in [2.75, 3.05) is 0 Å². The highest BCUT2D eigenvalue weighted by Crippen LogP contribution is 2.29. The molecule has 1 aliphatic rings. The van der Waals surface area contributed by atoms with Gasteiger partial charge in [0.15, 0.2) is 0 Å². The molecule has 2 nitrogen and oxygen atoms in total. The first-order valence-corrected chi connectivity index (χ1v) is 6.38. The van der Waals surface area contributed by atoms with E-state index in [0.717, 1.165) is 24.1 Å². The van der Waals surface area contributed by atoms with E-state index in [1.165, 1.54) is 25.7 Å². The van der Waals surface area contributed by atoms with E-state index in [2.05, 4.69) is 16.5 Å². The van der Waals surface area contributed by atoms with Gasteiger partial charge in [0.2, 0.25) is 0 Å². The molecule has 0 spiro atoms. The molecule has 1 aromatic rings. The van der Waals surface area contributed by atoms with Gasteiger partial charge in [0.25, 0.3) is 0 Å². The van der Waals surface area contributed by atoms with E-state index in [0.29, 0.717) is 5.88 Å². The van der Waals surface area contributed by atoms with Crippen LogP contribution in [-0.2, 0) is 12.4 Å². The second-order valence-electron chi connectivity index (χ2n) is 4.80. The Morgan fingerprint density at radius 1 is 1.40 bits per heavy atom. The SMILES string of the molecule is CC1CCC(Cn2cncc2CCl)CC1. The average Bonchev–Trinajstić information content (AvgIpc) is 2.69. The molecule has 0 aromatic carbocycles. The summed E-state index contributed by atoms with van der Waals surface area (Å²) in [6.07, 6.45) is 9.28. The van der Waals surface area contributed by atoms with Gasteiger partial charge < -0.3 is 4.57 Å². The minimum absolute atomic E-state index is 0.573. The number of halogens is 1. The fraction of sp³-hybridized carbons (Fsp3) is 0.750. The fourth-order valence-corrected chi connectivity index (χ4v) is 2.64. The molecule has 0 atom stereocenters. The van der Waals surface area contributed by atoms with E-state index in [1.54, 1.807) is 0 Å². The largest absolute Gasteiger partial charge is 0.333 e. The highest BCUT2D eigenvalue weighted by Gasteiger charge is 2.18. The average molecular weight is 227 g/mol. The molecule has 2 rings (SSSR count). The van der Waals surface area contributed by atoms with Crippen LogP contribution in [0, 0.1) is 11.8 Å². The maximum absolute atomic E-state index is 5.85. The van der Waals surface area contributed by atoms with Crippen LogP contribution >= 0.6 is 11.6 Å². The normalized spacial score (nSPS) is 26.8. The van der Waals surface area contributed by atoms with Gasteiger partial charge in [0.05, 0.1) is 17.9 Å². The van der Waals surface area contributed by atoms with Crippen molar-refractivity contribution in [1.29, 1.82) is 0 Å². The first kappa shape index (κ1) is 11.0. The van der Waals surface area contributed by atoms with Gasteiger partial charge in [-0.2, -0.15) is 0 Å². The van der Waals surface area contributed by atoms with Crippen molar-refractivity contribution >= 4 is 11.6 Å². The van der Waals surface area contributed by atoms with Gasteiger partial charge in [0, 0.05) is 12.7 Å². The molecule has 0 N–H and O–H groups in total. The Kier molecular flexibility index (Phi) is 3.68. The molecule has 0 unspecified atom stereocenters. The number of hydrogen-bond donors (Lipinski definition) is 0. The summed E-state index contributed by atoms with van der Waals surface area (Å²) in [4.78, 5) is 4.15. The molecule has 1 saturated carbocycles. The highest BCUT2D eigenvalue weighted by molar-refractivity contribution is 6.16. The summed E-state index contributed by atoms with van der Waals surface area (Å²) in [6.45, 7) is 3.46. The predicted molar refractivity (Wildman–Crippen MR) is 62.9 cm³/mol. The van der Waals surface area contributed by atoms with Crippen molar-refractivity contribution in [2.45, 2.75) is 45.0 Å². The minimum atomic E-state index is 0.573. The molecule has 3 heteroatoms. The van der Waals surface area contributed by atoms with Crippen LogP contribution in [0.5, 0.6) is 0 Å². The van der Waals surface area contributed by atoms with Crippen LogP contribution < -0.4 is 0 Å². The van der Waals surface area contributed by atoms with Gasteiger partial charge in [-0.25, -0.2) is 4.98 Å². The Morgan fingerprint density at radius 3 is 2.80 bits per heavy atom. The number of alkyl halides is 1. The summed E-state index contributed by atoms with van der Waals surface area (Å²) in [6, 6.07) is 0. The standard InChI is InChI=1S/C12H19ClN2/c1-10-2-4-11(5-3-10)8-15-9-14-7-12(15)6-13/h7,9-11H,2-6,8H2,1H3. The van der Waals surface area contributed by atoms with E-state index in [-0.39, 0.29) is 0 Å². The van der Waals surface area contributed by atoms with Gasteiger partial charge >= 0.3 is 0 Å². The van der Waals surface area contributed by atoms with Crippen LogP contribution in [0.3, 0.4) is 0 Å². The Hall–Kier alpha value is -0.500. The third-order valence-corrected chi connectivity index (χ3v) is 3.80. The van der Waals surface area contributed by atoms with Gasteiger partial charge in [0.1, 0.15) is 0 Å². The molecular weight excluding hydrogens is 208 g/mol. The monoisotopic (exact) mass is 226 g/mol. The third-order valence-electron chi connectivity index (χ3n) is 3.53. The van der Waals surface area contributed by atoms with Crippen LogP contribution in [0.2, 0.25) is 0 Å². The van der Waals surface area contributed by atoms with E-state index in [9.17, 15) is 0 Å². The molecule has 0 aliphatic heterocycles. The Bertz CT molecular complexity index is 300. The van der Waals surface area contributed by atoms with Crippen molar-refractivity contribution < 1.29 is 0 Å². The van der Waals surface area contributed by atoms with Crippen molar-refractivity contribution in [3.8, 4) is 0 Å². The van der Waals surface area contributed by atoms with Crippen molar-refractivity contribution in [2.24, 2.45) is 11.8 Å². The fourth-order valence-electron chi connectivity index (χ4n) is 2.41. The van der Waals surface area contributed by atoms with Gasteiger partial charge in [-0.1, -0.05) is 19.8 Å². The second kappa shape index (κ2) is 5.02. The van der Waals surface area contributed by atoms with Crippen molar-refractivity contribution in [1.82, 2.24) is 9.55 Å². The number of nitrogens with zero attached hydrogens (tertiary/aromatic N) is 2. The molecule has 0 bridgehead atoms. The van der Waals surface area contributed by atoms with E-state index < -0.39 is 0 Å². The summed E-state index contributed by atoms with van der Waals surface area (Å²) in [5.74, 6) is 2.33. The predicted octanol–water partition coefficient (Wildman–Crippen LogP) is 3.45. The first-order chi connectivity index (χ1) is 7.29. The molecule has 0 radical (unpaired) electrons. The number of aromatic nitrogens is 2. The summed E-state index contributed by atoms with van der Waals surface area (Å²) in [5.41, 5.74) is 1.15. The van der Waals surface area contributed by atoms with E-state index in [4.69, 9.17) is 11.6 Å². The number of hydrogen-bond acceptors (Lipinski definition) is 1. The van der Waals surface area contributed by atoms with Crippen LogP contribution in [0.4, 0.5) is 0 Å². The number of imidazole rings is 1. The lowest BCUT2D eigenvalue weighted by Gasteiger charge is -2.26. The topological polar surface area (TPSA) is 17.8 Å². The third kappa shape index (κ3) is 2.75. The smallest absolute Gasteiger partial charge is 0.0948 e. The lowest BCUT2D eigenvalue weighted by Crippen LogP contribution is -2.18. The lowest BCUT2D eigenvalue weighted by atomic mass is 9.83. The maximum atomic E-state index is 5.85. The number of rotatable bonds is 3. The molecule has 1 fully saturated rings. The van der Waals surface area contributed by atoms with Gasteiger partial charge in [-0.05, 0) is 24.7 Å². The first-order valence-electron chi connectivity index (χ1n) is 5.84. The van der Waals surface area contributed by atoms with Gasteiger partial charge in [-0.15, -0.1) is 11.6 Å². The van der Waals surface area contributed by atoms with Crippen LogP contribution in [0.1, 0.15) is 38.3 Å². The molecule has 1 aromatic heterocycles. The Labute approximate surface area is 96.7 Å². The summed E-state index contributed by atoms with van der Waals surface area (Å²) >= 11 is 5.85. The zero-order valence-electron chi connectivity index (χ0n) is 9.32. The molecule has 0 amide bonds. The summed E-state index contributed by atoms with van der Waals surface area (Å²) < 4.78 is 2.22. The Balaban J connectivity index is 1.91.